The van der Waals surface area contributed by atoms with E-state index in [9.17, 15) is 9.90 Å². The number of hydrogen-bond acceptors (Lipinski definition) is 5. The van der Waals surface area contributed by atoms with E-state index in [-0.39, 0.29) is 19.1 Å². The van der Waals surface area contributed by atoms with Crippen LogP contribution >= 0.6 is 0 Å². The molecule has 1 aromatic heterocycles. The second-order valence-electron chi connectivity index (χ2n) is 6.52. The van der Waals surface area contributed by atoms with Gasteiger partial charge in [0.05, 0.1) is 24.6 Å². The number of hydrazone groups is 1. The normalized spacial score (nSPS) is 14.8. The van der Waals surface area contributed by atoms with E-state index >= 15 is 0 Å². The molecule has 0 spiro atoms. The van der Waals surface area contributed by atoms with Crippen molar-refractivity contribution >= 4 is 11.6 Å². The molecule has 7 heteroatoms. The van der Waals surface area contributed by atoms with Crippen LogP contribution in [0.25, 0.3) is 0 Å². The van der Waals surface area contributed by atoms with Gasteiger partial charge < -0.3 is 5.11 Å². The summed E-state index contributed by atoms with van der Waals surface area (Å²) in [5.74, 6) is -0.126. The van der Waals surface area contributed by atoms with E-state index in [0.29, 0.717) is 12.2 Å². The standard InChI is InChI=1S/C17H21N5O2/c1-17(2,12-23)15-10-21(20-18-15)11-16(24)22-9-8-14(19-22)13-6-4-3-5-7-13/h3-7,10,23H,8-9,11-12H2,1-2H3. The molecule has 1 aromatic carbocycles. The van der Waals surface area contributed by atoms with Crippen molar-refractivity contribution in [3.8, 4) is 0 Å². The largest absolute Gasteiger partial charge is 0.395 e. The van der Waals surface area contributed by atoms with Gasteiger partial charge in [-0.25, -0.2) is 9.69 Å². The van der Waals surface area contributed by atoms with Crippen molar-refractivity contribution in [2.75, 3.05) is 13.2 Å². The zero-order valence-corrected chi connectivity index (χ0v) is 13.9. The first-order chi connectivity index (χ1) is 11.5. The fraction of sp³-hybridized carbons (Fsp3) is 0.412. The molecule has 0 unspecified atom stereocenters. The summed E-state index contributed by atoms with van der Waals surface area (Å²) in [4.78, 5) is 12.4. The Hall–Kier alpha value is -2.54. The quantitative estimate of drug-likeness (QED) is 0.894. The average Bonchev–Trinajstić information content (AvgIpc) is 3.25. The van der Waals surface area contributed by atoms with Crippen molar-refractivity contribution in [3.63, 3.8) is 0 Å². The molecule has 1 N–H and O–H groups in total. The summed E-state index contributed by atoms with van der Waals surface area (Å²) in [6, 6.07) is 9.86. The van der Waals surface area contributed by atoms with Gasteiger partial charge in [-0.15, -0.1) is 5.10 Å². The van der Waals surface area contributed by atoms with Gasteiger partial charge in [0, 0.05) is 18.0 Å². The van der Waals surface area contributed by atoms with Crippen molar-refractivity contribution in [2.45, 2.75) is 32.2 Å². The maximum atomic E-state index is 12.4. The van der Waals surface area contributed by atoms with E-state index in [0.717, 1.165) is 17.7 Å². The Bertz CT molecular complexity index is 751. The highest BCUT2D eigenvalue weighted by molar-refractivity contribution is 6.02. The van der Waals surface area contributed by atoms with Gasteiger partial charge >= 0.3 is 0 Å². The summed E-state index contributed by atoms with van der Waals surface area (Å²) in [7, 11) is 0. The number of amides is 1. The van der Waals surface area contributed by atoms with Gasteiger partial charge in [-0.1, -0.05) is 49.4 Å². The molecule has 2 heterocycles. The lowest BCUT2D eigenvalue weighted by Crippen LogP contribution is -2.28. The third-order valence-electron chi connectivity index (χ3n) is 4.12. The van der Waals surface area contributed by atoms with Crippen molar-refractivity contribution < 1.29 is 9.90 Å². The molecule has 0 atom stereocenters. The molecule has 0 saturated carbocycles. The smallest absolute Gasteiger partial charge is 0.264 e. The van der Waals surface area contributed by atoms with Crippen LogP contribution in [0.1, 0.15) is 31.5 Å². The number of aliphatic hydroxyl groups is 1. The molecule has 2 aromatic rings. The predicted octanol–water partition coefficient (Wildman–Crippen LogP) is 1.18. The molecule has 0 aliphatic carbocycles. The highest BCUT2D eigenvalue weighted by atomic mass is 16.3. The molecule has 7 nitrogen and oxygen atoms in total. The molecule has 0 radical (unpaired) electrons. The van der Waals surface area contributed by atoms with Crippen molar-refractivity contribution in [1.29, 1.82) is 0 Å². The molecule has 0 fully saturated rings. The molecule has 1 amide bonds. The Morgan fingerprint density at radius 1 is 1.29 bits per heavy atom. The van der Waals surface area contributed by atoms with Crippen LogP contribution in [0.2, 0.25) is 0 Å². The number of carbonyl (C=O) groups is 1. The Kier molecular flexibility index (Phi) is 4.44. The average molecular weight is 327 g/mol. The molecular formula is C17H21N5O2. The van der Waals surface area contributed by atoms with E-state index in [4.69, 9.17) is 0 Å². The third kappa shape index (κ3) is 3.35. The van der Waals surface area contributed by atoms with E-state index in [2.05, 4.69) is 15.4 Å². The molecular weight excluding hydrogens is 306 g/mol. The molecule has 0 bridgehead atoms. The summed E-state index contributed by atoms with van der Waals surface area (Å²) in [6.07, 6.45) is 2.45. The van der Waals surface area contributed by atoms with E-state index in [1.807, 2.05) is 44.2 Å². The topological polar surface area (TPSA) is 83.6 Å². The second kappa shape index (κ2) is 6.52. The Morgan fingerprint density at radius 2 is 2.04 bits per heavy atom. The Balaban J connectivity index is 1.67. The van der Waals surface area contributed by atoms with Crippen LogP contribution in [0.5, 0.6) is 0 Å². The van der Waals surface area contributed by atoms with Crippen molar-refractivity contribution in [2.24, 2.45) is 5.10 Å². The summed E-state index contributed by atoms with van der Waals surface area (Å²) < 4.78 is 1.49. The predicted molar refractivity (Wildman–Crippen MR) is 89.4 cm³/mol. The van der Waals surface area contributed by atoms with Crippen LogP contribution < -0.4 is 0 Å². The number of aromatic nitrogens is 3. The summed E-state index contributed by atoms with van der Waals surface area (Å²) in [5, 5.41) is 23.3. The van der Waals surface area contributed by atoms with Crippen LogP contribution in [0.15, 0.2) is 41.6 Å². The first-order valence-electron chi connectivity index (χ1n) is 7.94. The van der Waals surface area contributed by atoms with Gasteiger partial charge in [0.2, 0.25) is 0 Å². The number of rotatable bonds is 5. The molecule has 126 valence electrons. The fourth-order valence-corrected chi connectivity index (χ4v) is 2.46. The second-order valence-corrected chi connectivity index (χ2v) is 6.52. The van der Waals surface area contributed by atoms with Gasteiger partial charge in [0.25, 0.3) is 5.91 Å². The summed E-state index contributed by atoms with van der Waals surface area (Å²) >= 11 is 0. The van der Waals surface area contributed by atoms with Gasteiger partial charge in [-0.2, -0.15) is 5.10 Å². The molecule has 0 saturated heterocycles. The van der Waals surface area contributed by atoms with Crippen LogP contribution in [0.4, 0.5) is 0 Å². The first-order valence-corrected chi connectivity index (χ1v) is 7.94. The first kappa shape index (κ1) is 16.3. The lowest BCUT2D eigenvalue weighted by molar-refractivity contribution is -0.131. The molecule has 24 heavy (non-hydrogen) atoms. The van der Waals surface area contributed by atoms with Gasteiger partial charge in [0.15, 0.2) is 0 Å². The van der Waals surface area contributed by atoms with Crippen LogP contribution in [-0.2, 0) is 16.8 Å². The van der Waals surface area contributed by atoms with Crippen molar-refractivity contribution in [3.05, 3.63) is 47.8 Å². The Morgan fingerprint density at radius 3 is 2.75 bits per heavy atom. The van der Waals surface area contributed by atoms with Gasteiger partial charge in [-0.3, -0.25) is 4.79 Å². The lowest BCUT2D eigenvalue weighted by atomic mass is 9.91. The minimum absolute atomic E-state index is 0.0313. The minimum atomic E-state index is -0.479. The fourth-order valence-electron chi connectivity index (χ4n) is 2.46. The van der Waals surface area contributed by atoms with E-state index in [1.165, 1.54) is 9.69 Å². The SMILES string of the molecule is CC(C)(CO)c1cn(CC(=O)N2CCC(c3ccccc3)=N2)nn1. The number of hydrogen-bond donors (Lipinski definition) is 1. The number of carbonyl (C=O) groups excluding carboxylic acids is 1. The zero-order valence-electron chi connectivity index (χ0n) is 13.9. The van der Waals surface area contributed by atoms with Crippen LogP contribution in [0, 0.1) is 0 Å². The van der Waals surface area contributed by atoms with Gasteiger partial charge in [0.1, 0.15) is 6.54 Å². The van der Waals surface area contributed by atoms with Crippen LogP contribution in [0.3, 0.4) is 0 Å². The lowest BCUT2D eigenvalue weighted by Gasteiger charge is -2.17. The van der Waals surface area contributed by atoms with Crippen LogP contribution in [-0.4, -0.2) is 49.9 Å². The van der Waals surface area contributed by atoms with E-state index in [1.54, 1.807) is 6.20 Å². The molecule has 1 aliphatic heterocycles. The third-order valence-corrected chi connectivity index (χ3v) is 4.12. The molecule has 3 rings (SSSR count). The molecule has 1 aliphatic rings. The Labute approximate surface area is 140 Å². The number of nitrogens with zero attached hydrogens (tertiary/aromatic N) is 5. The summed E-state index contributed by atoms with van der Waals surface area (Å²) in [5.41, 5.74) is 2.14. The van der Waals surface area contributed by atoms with E-state index < -0.39 is 5.41 Å². The maximum Gasteiger partial charge on any atom is 0.264 e. The summed E-state index contributed by atoms with van der Waals surface area (Å²) in [6.45, 7) is 4.38. The number of aliphatic hydroxyl groups excluding tert-OH is 1. The highest BCUT2D eigenvalue weighted by Gasteiger charge is 2.25. The van der Waals surface area contributed by atoms with Crippen molar-refractivity contribution in [1.82, 2.24) is 20.0 Å². The maximum absolute atomic E-state index is 12.4. The monoisotopic (exact) mass is 327 g/mol. The highest BCUT2D eigenvalue weighted by Crippen LogP contribution is 2.19. The zero-order chi connectivity index (χ0) is 17.2. The number of benzene rings is 1. The minimum Gasteiger partial charge on any atom is -0.395 e. The van der Waals surface area contributed by atoms with Gasteiger partial charge in [-0.05, 0) is 5.56 Å².